The Hall–Kier alpha value is -2.71. The van der Waals surface area contributed by atoms with Crippen LogP contribution in [-0.2, 0) is 24.4 Å². The first-order valence-corrected chi connectivity index (χ1v) is 8.20. The highest BCUT2D eigenvalue weighted by molar-refractivity contribution is 5.92. The Morgan fingerprint density at radius 3 is 2.88 bits per heavy atom. The fraction of sp³-hybridized carbons (Fsp3) is 0.533. The van der Waals surface area contributed by atoms with Crippen LogP contribution in [0.3, 0.4) is 0 Å². The molecule has 0 bridgehead atoms. The van der Waals surface area contributed by atoms with Crippen molar-refractivity contribution < 1.29 is 9.59 Å². The van der Waals surface area contributed by atoms with E-state index in [0.717, 1.165) is 37.6 Å². The van der Waals surface area contributed by atoms with Gasteiger partial charge in [0.2, 0.25) is 5.91 Å². The predicted octanol–water partition coefficient (Wildman–Crippen LogP) is 0.170. The number of rotatable bonds is 3. The Balaban J connectivity index is 1.52. The molecule has 1 fully saturated rings. The van der Waals surface area contributed by atoms with Gasteiger partial charge in [-0.3, -0.25) is 14.7 Å². The SMILES string of the molecule is O=C1CCCN1Cc1nnc2n1CCCN(C(=O)c1ccn[nH]1)C2. The van der Waals surface area contributed by atoms with Gasteiger partial charge in [0.05, 0.1) is 13.1 Å². The number of nitrogens with zero attached hydrogens (tertiary/aromatic N) is 6. The molecule has 9 nitrogen and oxygen atoms in total. The molecule has 2 aromatic heterocycles. The van der Waals surface area contributed by atoms with Gasteiger partial charge in [0.25, 0.3) is 5.91 Å². The van der Waals surface area contributed by atoms with Gasteiger partial charge in [-0.1, -0.05) is 0 Å². The number of carbonyl (C=O) groups excluding carboxylic acids is 2. The number of hydrogen-bond acceptors (Lipinski definition) is 5. The van der Waals surface area contributed by atoms with E-state index >= 15 is 0 Å². The molecule has 126 valence electrons. The lowest BCUT2D eigenvalue weighted by atomic mass is 10.3. The highest BCUT2D eigenvalue weighted by Gasteiger charge is 2.26. The van der Waals surface area contributed by atoms with E-state index in [-0.39, 0.29) is 11.8 Å². The highest BCUT2D eigenvalue weighted by atomic mass is 16.2. The molecule has 24 heavy (non-hydrogen) atoms. The summed E-state index contributed by atoms with van der Waals surface area (Å²) in [6.45, 7) is 3.11. The van der Waals surface area contributed by atoms with Crippen LogP contribution < -0.4 is 0 Å². The minimum Gasteiger partial charge on any atom is -0.335 e. The minimum atomic E-state index is -0.0831. The van der Waals surface area contributed by atoms with Crippen molar-refractivity contribution in [3.8, 4) is 0 Å². The summed E-state index contributed by atoms with van der Waals surface area (Å²) in [7, 11) is 0. The molecule has 0 aliphatic carbocycles. The van der Waals surface area contributed by atoms with Crippen molar-refractivity contribution in [1.29, 1.82) is 0 Å². The second kappa shape index (κ2) is 6.06. The van der Waals surface area contributed by atoms with Crippen LogP contribution in [0.4, 0.5) is 0 Å². The quantitative estimate of drug-likeness (QED) is 0.865. The standard InChI is InChI=1S/C15H19N7O2/c23-14-3-1-6-20(14)9-12-18-19-13-10-21(7-2-8-22(12)13)15(24)11-4-5-16-17-11/h4-5H,1-3,6-10H2,(H,16,17). The number of fused-ring (bicyclic) bond motifs is 1. The molecular formula is C15H19N7O2. The van der Waals surface area contributed by atoms with Gasteiger partial charge in [-0.2, -0.15) is 5.10 Å². The van der Waals surface area contributed by atoms with Crippen molar-refractivity contribution in [1.82, 2.24) is 34.8 Å². The van der Waals surface area contributed by atoms with Gasteiger partial charge in [0.15, 0.2) is 11.6 Å². The Bertz CT molecular complexity index is 752. The third-order valence-electron chi connectivity index (χ3n) is 4.57. The number of likely N-dealkylation sites (tertiary alicyclic amines) is 1. The summed E-state index contributed by atoms with van der Waals surface area (Å²) >= 11 is 0. The third kappa shape index (κ3) is 2.66. The van der Waals surface area contributed by atoms with Crippen molar-refractivity contribution in [2.75, 3.05) is 13.1 Å². The van der Waals surface area contributed by atoms with E-state index in [1.54, 1.807) is 17.2 Å². The maximum absolute atomic E-state index is 12.5. The lowest BCUT2D eigenvalue weighted by Gasteiger charge is -2.18. The van der Waals surface area contributed by atoms with Crippen LogP contribution in [0.25, 0.3) is 0 Å². The summed E-state index contributed by atoms with van der Waals surface area (Å²) in [5, 5.41) is 15.0. The first kappa shape index (κ1) is 14.9. The van der Waals surface area contributed by atoms with Gasteiger partial charge >= 0.3 is 0 Å². The van der Waals surface area contributed by atoms with Gasteiger partial charge in [0.1, 0.15) is 5.69 Å². The number of H-pyrrole nitrogens is 1. The Morgan fingerprint density at radius 1 is 1.21 bits per heavy atom. The molecule has 0 unspecified atom stereocenters. The van der Waals surface area contributed by atoms with Gasteiger partial charge < -0.3 is 14.4 Å². The zero-order valence-electron chi connectivity index (χ0n) is 13.3. The van der Waals surface area contributed by atoms with Crippen LogP contribution in [-0.4, -0.2) is 59.7 Å². The maximum Gasteiger partial charge on any atom is 0.272 e. The van der Waals surface area contributed by atoms with Gasteiger partial charge in [0, 0.05) is 32.3 Å². The molecule has 2 aliphatic rings. The number of amides is 2. The molecule has 0 atom stereocenters. The van der Waals surface area contributed by atoms with E-state index in [1.165, 1.54) is 0 Å². The molecule has 2 aromatic rings. The predicted molar refractivity (Wildman–Crippen MR) is 82.6 cm³/mol. The number of carbonyl (C=O) groups is 2. The molecule has 4 rings (SSSR count). The van der Waals surface area contributed by atoms with Crippen molar-refractivity contribution in [2.24, 2.45) is 0 Å². The number of aromatic nitrogens is 5. The van der Waals surface area contributed by atoms with Crippen LogP contribution >= 0.6 is 0 Å². The molecule has 2 amide bonds. The summed E-state index contributed by atoms with van der Waals surface area (Å²) in [5.41, 5.74) is 0.478. The van der Waals surface area contributed by atoms with Crippen molar-refractivity contribution >= 4 is 11.8 Å². The zero-order chi connectivity index (χ0) is 16.5. The molecule has 2 aliphatic heterocycles. The second-order valence-corrected chi connectivity index (χ2v) is 6.15. The van der Waals surface area contributed by atoms with Crippen LogP contribution in [0.1, 0.15) is 41.4 Å². The zero-order valence-corrected chi connectivity index (χ0v) is 13.3. The Labute approximate surface area is 138 Å². The van der Waals surface area contributed by atoms with Crippen LogP contribution in [0, 0.1) is 0 Å². The van der Waals surface area contributed by atoms with E-state index in [4.69, 9.17) is 0 Å². The third-order valence-corrected chi connectivity index (χ3v) is 4.57. The highest BCUT2D eigenvalue weighted by Crippen LogP contribution is 2.18. The lowest BCUT2D eigenvalue weighted by molar-refractivity contribution is -0.128. The van der Waals surface area contributed by atoms with Gasteiger partial charge in [-0.05, 0) is 18.9 Å². The first-order valence-electron chi connectivity index (χ1n) is 8.20. The monoisotopic (exact) mass is 329 g/mol. The lowest BCUT2D eigenvalue weighted by Crippen LogP contribution is -2.31. The first-order chi connectivity index (χ1) is 11.7. The molecule has 0 spiro atoms. The summed E-state index contributed by atoms with van der Waals surface area (Å²) in [4.78, 5) is 27.9. The molecule has 9 heteroatoms. The molecule has 4 heterocycles. The van der Waals surface area contributed by atoms with E-state index in [1.807, 2.05) is 9.47 Å². The van der Waals surface area contributed by atoms with E-state index in [9.17, 15) is 9.59 Å². The van der Waals surface area contributed by atoms with Crippen LogP contribution in [0.2, 0.25) is 0 Å². The number of aromatic amines is 1. The van der Waals surface area contributed by atoms with Crippen LogP contribution in [0.15, 0.2) is 12.3 Å². The molecule has 1 saturated heterocycles. The maximum atomic E-state index is 12.5. The topological polar surface area (TPSA) is 100 Å². The smallest absolute Gasteiger partial charge is 0.272 e. The van der Waals surface area contributed by atoms with Gasteiger partial charge in [-0.25, -0.2) is 0 Å². The minimum absolute atomic E-state index is 0.0831. The van der Waals surface area contributed by atoms with Crippen LogP contribution in [0.5, 0.6) is 0 Å². The fourth-order valence-corrected chi connectivity index (χ4v) is 3.29. The largest absolute Gasteiger partial charge is 0.335 e. The Kier molecular flexibility index (Phi) is 3.75. The summed E-state index contributed by atoms with van der Waals surface area (Å²) in [6, 6.07) is 1.67. The van der Waals surface area contributed by atoms with E-state index in [2.05, 4.69) is 20.4 Å². The van der Waals surface area contributed by atoms with E-state index < -0.39 is 0 Å². The molecule has 0 radical (unpaired) electrons. The average Bonchev–Trinajstić information content (AvgIpc) is 3.29. The Morgan fingerprint density at radius 2 is 2.12 bits per heavy atom. The van der Waals surface area contributed by atoms with Crippen molar-refractivity contribution in [2.45, 2.75) is 38.9 Å². The fourth-order valence-electron chi connectivity index (χ4n) is 3.29. The van der Waals surface area contributed by atoms with E-state index in [0.29, 0.717) is 31.7 Å². The summed E-state index contributed by atoms with van der Waals surface area (Å²) in [6.07, 6.45) is 3.92. The van der Waals surface area contributed by atoms with Crippen molar-refractivity contribution in [3.05, 3.63) is 29.6 Å². The van der Waals surface area contributed by atoms with Gasteiger partial charge in [-0.15, -0.1) is 10.2 Å². The molecule has 0 saturated carbocycles. The summed E-state index contributed by atoms with van der Waals surface area (Å²) in [5.74, 6) is 1.66. The number of hydrogen-bond donors (Lipinski definition) is 1. The molecule has 0 aromatic carbocycles. The number of nitrogens with one attached hydrogen (secondary N) is 1. The second-order valence-electron chi connectivity index (χ2n) is 6.15. The van der Waals surface area contributed by atoms with Crippen molar-refractivity contribution in [3.63, 3.8) is 0 Å². The summed E-state index contributed by atoms with van der Waals surface area (Å²) < 4.78 is 2.05. The molecule has 1 N–H and O–H groups in total. The molecular weight excluding hydrogens is 310 g/mol. The average molecular weight is 329 g/mol. The normalized spacial score (nSPS) is 17.9.